The Labute approximate surface area is 429 Å². The van der Waals surface area contributed by atoms with Crippen LogP contribution in [0, 0.1) is 0 Å². The molecule has 0 spiro atoms. The third kappa shape index (κ3) is 7.18. The van der Waals surface area contributed by atoms with Gasteiger partial charge in [-0.15, -0.1) is 0 Å². The van der Waals surface area contributed by atoms with E-state index in [1.54, 1.807) is 0 Å². The molecule has 14 rings (SSSR count). The average molecular weight is 944 g/mol. The molecule has 346 valence electrons. The molecule has 0 fully saturated rings. The predicted octanol–water partition coefficient (Wildman–Crippen LogP) is 17.8. The second-order valence-corrected chi connectivity index (χ2v) is 19.0. The van der Waals surface area contributed by atoms with Gasteiger partial charge in [-0.25, -0.2) is 15.0 Å². The van der Waals surface area contributed by atoms with Gasteiger partial charge in [0.05, 0.1) is 5.41 Å². The number of benzene rings is 11. The molecule has 0 saturated carbocycles. The van der Waals surface area contributed by atoms with Crippen molar-refractivity contribution >= 4 is 21.9 Å². The van der Waals surface area contributed by atoms with Crippen molar-refractivity contribution in [2.45, 2.75) is 5.41 Å². The topological polar surface area (TPSA) is 51.8 Å². The highest BCUT2D eigenvalue weighted by atomic mass is 16.3. The maximum absolute atomic E-state index is 6.61. The van der Waals surface area contributed by atoms with Gasteiger partial charge in [0.25, 0.3) is 0 Å². The van der Waals surface area contributed by atoms with Crippen LogP contribution in [0.25, 0.3) is 112 Å². The van der Waals surface area contributed by atoms with Crippen LogP contribution in [0.2, 0.25) is 0 Å². The third-order valence-electron chi connectivity index (χ3n) is 14.9. The first-order valence-electron chi connectivity index (χ1n) is 25.2. The summed E-state index contributed by atoms with van der Waals surface area (Å²) in [6, 6.07) is 97.2. The van der Waals surface area contributed by atoms with Crippen LogP contribution in [-0.4, -0.2) is 15.0 Å². The van der Waals surface area contributed by atoms with Crippen LogP contribution < -0.4 is 0 Å². The zero-order valence-electron chi connectivity index (χ0n) is 40.2. The normalized spacial score (nSPS) is 12.4. The summed E-state index contributed by atoms with van der Waals surface area (Å²) in [7, 11) is 0. The minimum absolute atomic E-state index is 0.461. The maximum Gasteiger partial charge on any atom is 0.164 e. The van der Waals surface area contributed by atoms with Gasteiger partial charge in [0.2, 0.25) is 0 Å². The van der Waals surface area contributed by atoms with Crippen LogP contribution in [0.4, 0.5) is 0 Å². The largest absolute Gasteiger partial charge is 0.456 e. The summed E-state index contributed by atoms with van der Waals surface area (Å²) >= 11 is 0. The van der Waals surface area contributed by atoms with Crippen molar-refractivity contribution in [1.82, 2.24) is 15.0 Å². The Bertz CT molecular complexity index is 4170. The van der Waals surface area contributed by atoms with Gasteiger partial charge < -0.3 is 4.42 Å². The molecule has 0 unspecified atom stereocenters. The zero-order chi connectivity index (χ0) is 49.0. The van der Waals surface area contributed by atoms with Crippen LogP contribution in [0.1, 0.15) is 22.3 Å². The number of furan rings is 1. The lowest BCUT2D eigenvalue weighted by molar-refractivity contribution is 0.669. The molecule has 13 aromatic rings. The Morgan fingerprint density at radius 1 is 0.257 bits per heavy atom. The lowest BCUT2D eigenvalue weighted by Crippen LogP contribution is -2.28. The minimum atomic E-state index is -0.461. The Morgan fingerprint density at radius 3 is 1.36 bits per heavy atom. The summed E-state index contributed by atoms with van der Waals surface area (Å²) < 4.78 is 6.61. The molecule has 1 aliphatic carbocycles. The number of hydrogen-bond donors (Lipinski definition) is 0. The summed E-state index contributed by atoms with van der Waals surface area (Å²) in [6.45, 7) is 0. The lowest BCUT2D eigenvalue weighted by atomic mass is 9.67. The second kappa shape index (κ2) is 17.8. The Kier molecular flexibility index (Phi) is 10.4. The van der Waals surface area contributed by atoms with E-state index in [2.05, 4.69) is 243 Å². The van der Waals surface area contributed by atoms with Crippen molar-refractivity contribution in [2.24, 2.45) is 0 Å². The van der Waals surface area contributed by atoms with Crippen LogP contribution in [0.3, 0.4) is 0 Å². The van der Waals surface area contributed by atoms with E-state index in [-0.39, 0.29) is 0 Å². The molecule has 1 aliphatic rings. The van der Waals surface area contributed by atoms with E-state index in [1.165, 1.54) is 38.9 Å². The Balaban J connectivity index is 0.868. The SMILES string of the molecule is c1ccc(-c2ccc(-c3nc(-c4ccccc4-c4ccccc4)nc(-c4cccc5oc6ccc(-c7ccc(-c8ccc9c(c8)C(c8ccccc8)(c8ccccc8)c8ccccc8-9)cc7)cc6c45)n3)cc2)cc1. The fourth-order valence-electron chi connectivity index (χ4n) is 11.4. The predicted molar refractivity (Wildman–Crippen MR) is 302 cm³/mol. The number of nitrogens with zero attached hydrogens (tertiary/aromatic N) is 3. The quantitative estimate of drug-likeness (QED) is 0.145. The summed E-state index contributed by atoms with van der Waals surface area (Å²) in [5, 5.41) is 1.95. The molecule has 4 heteroatoms. The van der Waals surface area contributed by atoms with Gasteiger partial charge in [-0.3, -0.25) is 0 Å². The molecule has 11 aromatic carbocycles. The molecule has 0 aliphatic heterocycles. The highest BCUT2D eigenvalue weighted by Gasteiger charge is 2.46. The summed E-state index contributed by atoms with van der Waals surface area (Å²) in [4.78, 5) is 15.8. The molecular weight excluding hydrogens is 899 g/mol. The van der Waals surface area contributed by atoms with Crippen molar-refractivity contribution < 1.29 is 4.42 Å². The van der Waals surface area contributed by atoms with Gasteiger partial charge in [-0.2, -0.15) is 0 Å². The number of hydrogen-bond acceptors (Lipinski definition) is 4. The van der Waals surface area contributed by atoms with Gasteiger partial charge in [0.1, 0.15) is 11.2 Å². The number of fused-ring (bicyclic) bond motifs is 6. The van der Waals surface area contributed by atoms with Crippen molar-refractivity contribution in [3.8, 4) is 89.8 Å². The lowest BCUT2D eigenvalue weighted by Gasteiger charge is -2.34. The number of aromatic nitrogens is 3. The van der Waals surface area contributed by atoms with Crippen molar-refractivity contribution in [3.05, 3.63) is 295 Å². The van der Waals surface area contributed by atoms with Gasteiger partial charge in [-0.05, 0) is 102 Å². The summed E-state index contributed by atoms with van der Waals surface area (Å²) in [5.74, 6) is 1.77. The molecule has 0 radical (unpaired) electrons. The summed E-state index contributed by atoms with van der Waals surface area (Å²) in [5.41, 5.74) is 20.4. The van der Waals surface area contributed by atoms with Gasteiger partial charge in [0, 0.05) is 27.5 Å². The molecular formula is C70H45N3O. The molecule has 4 nitrogen and oxygen atoms in total. The maximum atomic E-state index is 6.61. The summed E-state index contributed by atoms with van der Waals surface area (Å²) in [6.07, 6.45) is 0. The molecule has 74 heavy (non-hydrogen) atoms. The molecule has 0 bridgehead atoms. The van der Waals surface area contributed by atoms with Crippen molar-refractivity contribution in [2.75, 3.05) is 0 Å². The van der Waals surface area contributed by atoms with Crippen molar-refractivity contribution in [1.29, 1.82) is 0 Å². The van der Waals surface area contributed by atoms with Crippen LogP contribution in [0.15, 0.2) is 277 Å². The van der Waals surface area contributed by atoms with Crippen LogP contribution >= 0.6 is 0 Å². The average Bonchev–Trinajstić information content (AvgIpc) is 4.08. The fraction of sp³-hybridized carbons (Fsp3) is 0.0143. The van der Waals surface area contributed by atoms with Crippen molar-refractivity contribution in [3.63, 3.8) is 0 Å². The third-order valence-corrected chi connectivity index (χ3v) is 14.9. The molecule has 0 amide bonds. The Morgan fingerprint density at radius 2 is 0.703 bits per heavy atom. The van der Waals surface area contributed by atoms with E-state index in [1.807, 2.05) is 30.3 Å². The standard InChI is InChI=1S/C70H45N3O/c1-5-18-46(19-6-1)47-36-38-51(39-37-47)67-71-68(59-28-14-13-26-56(59)50-20-7-2-8-21-50)73-69(72-67)60-29-17-31-65-66(60)61-44-52(41-43-64(61)74-65)48-32-34-49(35-33-48)53-40-42-58-57-27-15-16-30-62(57)70(63(58)45-53,54-22-9-3-10-23-54)55-24-11-4-12-25-55/h1-45H. The monoisotopic (exact) mass is 943 g/mol. The molecule has 2 heterocycles. The number of rotatable bonds is 9. The first-order chi connectivity index (χ1) is 36.7. The second-order valence-electron chi connectivity index (χ2n) is 19.0. The van der Waals surface area contributed by atoms with E-state index in [4.69, 9.17) is 19.4 Å². The van der Waals surface area contributed by atoms with E-state index in [0.717, 1.165) is 77.6 Å². The zero-order valence-corrected chi connectivity index (χ0v) is 40.2. The Hall–Kier alpha value is -9.77. The molecule has 0 atom stereocenters. The highest BCUT2D eigenvalue weighted by Crippen LogP contribution is 2.56. The molecule has 0 N–H and O–H groups in total. The van der Waals surface area contributed by atoms with Crippen LogP contribution in [0.5, 0.6) is 0 Å². The van der Waals surface area contributed by atoms with E-state index < -0.39 is 5.41 Å². The van der Waals surface area contributed by atoms with E-state index in [9.17, 15) is 0 Å². The van der Waals surface area contributed by atoms with Gasteiger partial charge in [0.15, 0.2) is 17.5 Å². The smallest absolute Gasteiger partial charge is 0.164 e. The molecule has 2 aromatic heterocycles. The van der Waals surface area contributed by atoms with E-state index >= 15 is 0 Å². The van der Waals surface area contributed by atoms with Gasteiger partial charge in [-0.1, -0.05) is 249 Å². The van der Waals surface area contributed by atoms with E-state index in [0.29, 0.717) is 17.5 Å². The van der Waals surface area contributed by atoms with Crippen LogP contribution in [-0.2, 0) is 5.41 Å². The first kappa shape index (κ1) is 43.1. The minimum Gasteiger partial charge on any atom is -0.456 e. The fourth-order valence-corrected chi connectivity index (χ4v) is 11.4. The van der Waals surface area contributed by atoms with Gasteiger partial charge >= 0.3 is 0 Å². The molecule has 0 saturated heterocycles. The highest BCUT2D eigenvalue weighted by molar-refractivity contribution is 6.13. The first-order valence-corrected chi connectivity index (χ1v) is 25.2.